The smallest absolute Gasteiger partial charge is 0.252 e. The van der Waals surface area contributed by atoms with Gasteiger partial charge in [-0.1, -0.05) is 37.3 Å². The molecule has 0 heterocycles. The normalized spacial score (nSPS) is 13.4. The second-order valence-electron chi connectivity index (χ2n) is 6.56. The Hall–Kier alpha value is -2.63. The van der Waals surface area contributed by atoms with Crippen molar-refractivity contribution < 1.29 is 19.7 Å². The molecule has 0 spiro atoms. The van der Waals surface area contributed by atoms with Crippen LogP contribution in [-0.4, -0.2) is 28.3 Å². The van der Waals surface area contributed by atoms with Gasteiger partial charge in [-0.25, -0.2) is 0 Å². The second kappa shape index (κ2) is 9.90. The first kappa shape index (κ1) is 20.7. The van der Waals surface area contributed by atoms with Crippen LogP contribution in [0.5, 0.6) is 11.5 Å². The lowest BCUT2D eigenvalue weighted by Crippen LogP contribution is -2.41. The van der Waals surface area contributed by atoms with Crippen LogP contribution in [0.1, 0.15) is 30.0 Å². The summed E-state index contributed by atoms with van der Waals surface area (Å²) in [6.45, 7) is 6.21. The molecule has 2 aromatic carbocycles. The maximum atomic E-state index is 11.9. The van der Waals surface area contributed by atoms with E-state index in [1.165, 1.54) is 6.08 Å². The maximum Gasteiger partial charge on any atom is 0.252 e. The predicted octanol–water partition coefficient (Wildman–Crippen LogP) is 3.40. The minimum Gasteiger partial charge on any atom is -0.457 e. The van der Waals surface area contributed by atoms with Crippen molar-refractivity contribution in [3.8, 4) is 11.5 Å². The van der Waals surface area contributed by atoms with Gasteiger partial charge in [-0.2, -0.15) is 0 Å². The van der Waals surface area contributed by atoms with Crippen molar-refractivity contribution in [1.29, 1.82) is 0 Å². The van der Waals surface area contributed by atoms with Crippen LogP contribution < -0.4 is 10.1 Å². The van der Waals surface area contributed by atoms with E-state index in [0.717, 1.165) is 28.9 Å². The Labute approximate surface area is 160 Å². The van der Waals surface area contributed by atoms with Crippen molar-refractivity contribution in [2.45, 2.75) is 45.9 Å². The number of allylic oxidation sites excluding steroid dienone is 1. The van der Waals surface area contributed by atoms with Crippen molar-refractivity contribution in [1.82, 2.24) is 5.32 Å². The zero-order chi connectivity index (χ0) is 19.8. The van der Waals surface area contributed by atoms with Gasteiger partial charge in [0.05, 0.1) is 0 Å². The van der Waals surface area contributed by atoms with Gasteiger partial charge in [0.1, 0.15) is 17.6 Å². The van der Waals surface area contributed by atoms with Crippen LogP contribution in [0.15, 0.2) is 54.6 Å². The van der Waals surface area contributed by atoms with E-state index in [4.69, 9.17) is 4.74 Å². The van der Waals surface area contributed by atoms with Gasteiger partial charge >= 0.3 is 0 Å². The number of aliphatic hydroxyl groups is 2. The molecule has 5 heteroatoms. The molecule has 5 nitrogen and oxygen atoms in total. The number of aliphatic hydroxyl groups excluding tert-OH is 2. The molecule has 2 atom stereocenters. The highest BCUT2D eigenvalue weighted by Crippen LogP contribution is 2.24. The number of carbonyl (C=O) groups is 1. The third kappa shape index (κ3) is 6.55. The number of rotatable bonds is 8. The number of amides is 1. The molecule has 144 valence electrons. The lowest BCUT2D eigenvalue weighted by atomic mass is 10.1. The molecule has 2 unspecified atom stereocenters. The largest absolute Gasteiger partial charge is 0.457 e. The summed E-state index contributed by atoms with van der Waals surface area (Å²) in [5.74, 6) is 0.875. The zero-order valence-corrected chi connectivity index (χ0v) is 16.0. The van der Waals surface area contributed by atoms with Crippen molar-refractivity contribution in [2.24, 2.45) is 0 Å². The van der Waals surface area contributed by atoms with E-state index in [0.29, 0.717) is 5.75 Å². The van der Waals surface area contributed by atoms with Gasteiger partial charge in [0.15, 0.2) is 6.10 Å². The van der Waals surface area contributed by atoms with Gasteiger partial charge in [-0.15, -0.1) is 0 Å². The van der Waals surface area contributed by atoms with Crippen LogP contribution in [0.3, 0.4) is 0 Å². The van der Waals surface area contributed by atoms with Gasteiger partial charge in [-0.3, -0.25) is 4.79 Å². The molecule has 0 bridgehead atoms. The number of hydrogen-bond acceptors (Lipinski definition) is 4. The van der Waals surface area contributed by atoms with E-state index in [-0.39, 0.29) is 6.54 Å². The van der Waals surface area contributed by atoms with E-state index in [1.807, 2.05) is 57.2 Å². The highest BCUT2D eigenvalue weighted by molar-refractivity contribution is 5.81. The Bertz CT molecular complexity index is 763. The lowest BCUT2D eigenvalue weighted by molar-refractivity contribution is -0.133. The molecule has 0 aliphatic carbocycles. The minimum absolute atomic E-state index is 0.254. The van der Waals surface area contributed by atoms with Crippen molar-refractivity contribution >= 4 is 5.91 Å². The van der Waals surface area contributed by atoms with Crippen molar-refractivity contribution in [3.63, 3.8) is 0 Å². The average molecular weight is 369 g/mol. The molecule has 3 N–H and O–H groups in total. The Kier molecular flexibility index (Phi) is 7.58. The van der Waals surface area contributed by atoms with Gasteiger partial charge in [0.25, 0.3) is 5.91 Å². The molecule has 1 amide bonds. The van der Waals surface area contributed by atoms with Crippen LogP contribution in [0, 0.1) is 13.8 Å². The van der Waals surface area contributed by atoms with Crippen LogP contribution in [0.25, 0.3) is 0 Å². The summed E-state index contributed by atoms with van der Waals surface area (Å²) < 4.78 is 5.86. The second-order valence-corrected chi connectivity index (χ2v) is 6.56. The van der Waals surface area contributed by atoms with Gasteiger partial charge < -0.3 is 20.3 Å². The van der Waals surface area contributed by atoms with Crippen LogP contribution in [-0.2, 0) is 11.3 Å². The molecule has 2 aromatic rings. The highest BCUT2D eigenvalue weighted by atomic mass is 16.5. The number of hydrogen-bond donors (Lipinski definition) is 3. The van der Waals surface area contributed by atoms with Crippen LogP contribution in [0.4, 0.5) is 0 Å². The van der Waals surface area contributed by atoms with E-state index < -0.39 is 18.1 Å². The monoisotopic (exact) mass is 369 g/mol. The number of aryl methyl sites for hydroxylation is 2. The quantitative estimate of drug-likeness (QED) is 0.623. The number of ether oxygens (including phenoxy) is 1. The van der Waals surface area contributed by atoms with Crippen molar-refractivity contribution in [2.75, 3.05) is 0 Å². The molecule has 0 saturated carbocycles. The fourth-order valence-corrected chi connectivity index (χ4v) is 2.63. The zero-order valence-electron chi connectivity index (χ0n) is 16.0. The van der Waals surface area contributed by atoms with E-state index in [2.05, 4.69) is 11.4 Å². The number of nitrogens with one attached hydrogen (secondary N) is 1. The van der Waals surface area contributed by atoms with E-state index in [9.17, 15) is 15.0 Å². The summed E-state index contributed by atoms with van der Waals surface area (Å²) in [4.78, 5) is 11.9. The standard InChI is InChI=1S/C22H27NO4/c1-4-5-6-20(24)21(25)22(26)23-14-17-7-9-18(10-8-17)27-19-12-15(2)11-16(3)13-19/h5-13,20-21,24-25H,4,14H2,1-3H3,(H,23,26)/b6-5+. The maximum absolute atomic E-state index is 11.9. The van der Waals surface area contributed by atoms with Crippen LogP contribution >= 0.6 is 0 Å². The first-order chi connectivity index (χ1) is 12.9. The fourth-order valence-electron chi connectivity index (χ4n) is 2.63. The summed E-state index contributed by atoms with van der Waals surface area (Å²) in [5, 5.41) is 22.1. The predicted molar refractivity (Wildman–Crippen MR) is 106 cm³/mol. The molecule has 27 heavy (non-hydrogen) atoms. The van der Waals surface area contributed by atoms with Gasteiger partial charge in [0, 0.05) is 6.54 Å². The fraction of sp³-hybridized carbons (Fsp3) is 0.318. The summed E-state index contributed by atoms with van der Waals surface area (Å²) in [6, 6.07) is 13.4. The number of benzene rings is 2. The number of carbonyl (C=O) groups excluding carboxylic acids is 1. The Balaban J connectivity index is 1.90. The van der Waals surface area contributed by atoms with Gasteiger partial charge in [0.2, 0.25) is 0 Å². The first-order valence-electron chi connectivity index (χ1n) is 9.04. The minimum atomic E-state index is -1.49. The SMILES string of the molecule is CC/C=C/C(O)C(O)C(=O)NCc1ccc(Oc2cc(C)cc(C)c2)cc1. The molecule has 0 saturated heterocycles. The topological polar surface area (TPSA) is 78.8 Å². The molecular formula is C22H27NO4. The molecule has 0 fully saturated rings. The first-order valence-corrected chi connectivity index (χ1v) is 9.04. The summed E-state index contributed by atoms with van der Waals surface area (Å²) >= 11 is 0. The Morgan fingerprint density at radius 3 is 2.30 bits per heavy atom. The summed E-state index contributed by atoms with van der Waals surface area (Å²) in [7, 11) is 0. The summed E-state index contributed by atoms with van der Waals surface area (Å²) in [6.07, 6.45) is 1.15. The third-order valence-corrected chi connectivity index (χ3v) is 3.98. The van der Waals surface area contributed by atoms with Crippen molar-refractivity contribution in [3.05, 3.63) is 71.3 Å². The van der Waals surface area contributed by atoms with Crippen LogP contribution in [0.2, 0.25) is 0 Å². The molecule has 0 aliphatic rings. The lowest BCUT2D eigenvalue weighted by Gasteiger charge is -2.15. The van der Waals surface area contributed by atoms with E-state index >= 15 is 0 Å². The Morgan fingerprint density at radius 1 is 1.07 bits per heavy atom. The van der Waals surface area contributed by atoms with Gasteiger partial charge in [-0.05, 0) is 61.2 Å². The third-order valence-electron chi connectivity index (χ3n) is 3.98. The molecular weight excluding hydrogens is 342 g/mol. The van der Waals surface area contributed by atoms with E-state index in [1.54, 1.807) is 6.08 Å². The molecule has 2 rings (SSSR count). The Morgan fingerprint density at radius 2 is 1.70 bits per heavy atom. The highest BCUT2D eigenvalue weighted by Gasteiger charge is 2.21. The molecule has 0 aromatic heterocycles. The summed E-state index contributed by atoms with van der Waals surface area (Å²) in [5.41, 5.74) is 3.14. The molecule has 0 aliphatic heterocycles. The molecule has 0 radical (unpaired) electrons. The average Bonchev–Trinajstić information content (AvgIpc) is 2.63.